The van der Waals surface area contributed by atoms with Crippen molar-refractivity contribution in [2.45, 2.75) is 6.42 Å². The molecular weight excluding hydrogens is 313 g/mol. The highest BCUT2D eigenvalue weighted by Gasteiger charge is 2.12. The van der Waals surface area contributed by atoms with Crippen LogP contribution in [0.5, 0.6) is 11.6 Å². The van der Waals surface area contributed by atoms with Crippen LogP contribution in [0.4, 0.5) is 4.39 Å². The first kappa shape index (κ1) is 13.8. The second kappa shape index (κ2) is 6.02. The maximum atomic E-state index is 14.1. The summed E-state index contributed by atoms with van der Waals surface area (Å²) in [6, 6.07) is 6.94. The summed E-state index contributed by atoms with van der Waals surface area (Å²) in [4.78, 5) is 4.14. The van der Waals surface area contributed by atoms with Crippen molar-refractivity contribution >= 4 is 15.9 Å². The van der Waals surface area contributed by atoms with Gasteiger partial charge in [0.1, 0.15) is 0 Å². The van der Waals surface area contributed by atoms with Crippen LogP contribution in [0.15, 0.2) is 34.9 Å². The lowest BCUT2D eigenvalue weighted by Gasteiger charge is -2.10. The molecule has 0 fully saturated rings. The number of benzene rings is 1. The minimum Gasteiger partial charge on any atom is -0.494 e. The van der Waals surface area contributed by atoms with Crippen LogP contribution < -0.4 is 9.47 Å². The van der Waals surface area contributed by atoms with E-state index in [9.17, 15) is 4.39 Å². The van der Waals surface area contributed by atoms with E-state index in [-0.39, 0.29) is 11.6 Å². The van der Waals surface area contributed by atoms with Gasteiger partial charge in [0.25, 0.3) is 0 Å². The van der Waals surface area contributed by atoms with Crippen molar-refractivity contribution in [2.75, 3.05) is 14.2 Å². The minimum absolute atomic E-state index is 0.236. The molecule has 0 aliphatic heterocycles. The zero-order valence-electron chi connectivity index (χ0n) is 10.6. The van der Waals surface area contributed by atoms with Crippen LogP contribution in [0.2, 0.25) is 0 Å². The number of hydrogen-bond donors (Lipinski definition) is 0. The Labute approximate surface area is 119 Å². The summed E-state index contributed by atoms with van der Waals surface area (Å²) in [5.74, 6) is 0.372. The van der Waals surface area contributed by atoms with Crippen LogP contribution in [0.1, 0.15) is 11.1 Å². The third kappa shape index (κ3) is 3.04. The van der Waals surface area contributed by atoms with Crippen LogP contribution in [-0.4, -0.2) is 19.2 Å². The largest absolute Gasteiger partial charge is 0.494 e. The van der Waals surface area contributed by atoms with Crippen LogP contribution in [0.25, 0.3) is 0 Å². The standard InChI is InChI=1S/C14H13BrFNO2/c1-18-12-5-3-4-9(13(12)16)6-10-7-11(15)8-17-14(10)19-2/h3-5,7-8H,6H2,1-2H3. The molecule has 1 aromatic heterocycles. The van der Waals surface area contributed by atoms with E-state index in [1.807, 2.05) is 6.07 Å². The quantitative estimate of drug-likeness (QED) is 0.860. The van der Waals surface area contributed by atoms with Gasteiger partial charge in [0.2, 0.25) is 5.88 Å². The van der Waals surface area contributed by atoms with Crippen molar-refractivity contribution in [1.82, 2.24) is 4.98 Å². The summed E-state index contributed by atoms with van der Waals surface area (Å²) >= 11 is 3.35. The van der Waals surface area contributed by atoms with Gasteiger partial charge >= 0.3 is 0 Å². The van der Waals surface area contributed by atoms with Crippen LogP contribution >= 0.6 is 15.9 Å². The van der Waals surface area contributed by atoms with Gasteiger partial charge in [-0.25, -0.2) is 9.37 Å². The zero-order chi connectivity index (χ0) is 13.8. The first-order valence-electron chi connectivity index (χ1n) is 5.65. The Bertz CT molecular complexity index is 590. The SMILES string of the molecule is COc1cccc(Cc2cc(Br)cnc2OC)c1F. The lowest BCUT2D eigenvalue weighted by molar-refractivity contribution is 0.383. The van der Waals surface area contributed by atoms with Crippen LogP contribution in [-0.2, 0) is 6.42 Å². The number of aromatic nitrogens is 1. The number of ether oxygens (including phenoxy) is 2. The van der Waals surface area contributed by atoms with E-state index in [1.54, 1.807) is 31.5 Å². The first-order valence-corrected chi connectivity index (χ1v) is 6.44. The maximum absolute atomic E-state index is 14.1. The maximum Gasteiger partial charge on any atom is 0.216 e. The summed E-state index contributed by atoms with van der Waals surface area (Å²) in [5, 5.41) is 0. The molecule has 0 aliphatic carbocycles. The van der Waals surface area contributed by atoms with Crippen LogP contribution in [0.3, 0.4) is 0 Å². The van der Waals surface area contributed by atoms with E-state index in [1.165, 1.54) is 7.11 Å². The summed E-state index contributed by atoms with van der Waals surface area (Å²) in [5.41, 5.74) is 1.35. The Morgan fingerprint density at radius 3 is 2.68 bits per heavy atom. The minimum atomic E-state index is -0.355. The van der Waals surface area contributed by atoms with Gasteiger partial charge in [0, 0.05) is 22.7 Å². The van der Waals surface area contributed by atoms with Crippen molar-refractivity contribution in [2.24, 2.45) is 0 Å². The lowest BCUT2D eigenvalue weighted by Crippen LogP contribution is -2.00. The van der Waals surface area contributed by atoms with Crippen molar-refractivity contribution in [3.63, 3.8) is 0 Å². The van der Waals surface area contributed by atoms with Gasteiger partial charge in [-0.05, 0) is 33.6 Å². The third-order valence-electron chi connectivity index (χ3n) is 2.73. The molecule has 0 unspecified atom stereocenters. The van der Waals surface area contributed by atoms with Crippen molar-refractivity contribution in [3.8, 4) is 11.6 Å². The molecule has 0 spiro atoms. The molecule has 1 heterocycles. The van der Waals surface area contributed by atoms with Gasteiger partial charge in [-0.2, -0.15) is 0 Å². The van der Waals surface area contributed by atoms with Gasteiger partial charge < -0.3 is 9.47 Å². The van der Waals surface area contributed by atoms with E-state index in [4.69, 9.17) is 9.47 Å². The molecule has 3 nitrogen and oxygen atoms in total. The summed E-state index contributed by atoms with van der Waals surface area (Å²) < 4.78 is 25.1. The normalized spacial score (nSPS) is 10.3. The number of halogens is 2. The lowest BCUT2D eigenvalue weighted by atomic mass is 10.1. The highest BCUT2D eigenvalue weighted by atomic mass is 79.9. The summed E-state index contributed by atoms with van der Waals surface area (Å²) in [6.07, 6.45) is 2.03. The highest BCUT2D eigenvalue weighted by Crippen LogP contribution is 2.26. The van der Waals surface area contributed by atoms with E-state index >= 15 is 0 Å². The fourth-order valence-electron chi connectivity index (χ4n) is 1.83. The van der Waals surface area contributed by atoms with Gasteiger partial charge in [0.15, 0.2) is 11.6 Å². The topological polar surface area (TPSA) is 31.4 Å². The monoisotopic (exact) mass is 325 g/mol. The smallest absolute Gasteiger partial charge is 0.216 e. The molecule has 5 heteroatoms. The molecule has 1 aromatic carbocycles. The number of nitrogens with zero attached hydrogens (tertiary/aromatic N) is 1. The predicted molar refractivity (Wildman–Crippen MR) is 74.2 cm³/mol. The molecule has 0 N–H and O–H groups in total. The average Bonchev–Trinajstić information content (AvgIpc) is 2.41. The molecular formula is C14H13BrFNO2. The molecule has 100 valence electrons. The second-order valence-corrected chi connectivity index (χ2v) is 4.85. The molecule has 0 saturated carbocycles. The highest BCUT2D eigenvalue weighted by molar-refractivity contribution is 9.10. The van der Waals surface area contributed by atoms with Crippen molar-refractivity contribution < 1.29 is 13.9 Å². The molecule has 0 atom stereocenters. The Hall–Kier alpha value is -1.62. The van der Waals surface area contributed by atoms with Gasteiger partial charge in [0.05, 0.1) is 14.2 Å². The van der Waals surface area contributed by atoms with E-state index < -0.39 is 0 Å². The van der Waals surface area contributed by atoms with Crippen LogP contribution in [0, 0.1) is 5.82 Å². The molecule has 0 radical (unpaired) electrons. The van der Waals surface area contributed by atoms with Gasteiger partial charge in [-0.3, -0.25) is 0 Å². The Kier molecular flexibility index (Phi) is 4.37. The number of rotatable bonds is 4. The van der Waals surface area contributed by atoms with Crippen molar-refractivity contribution in [3.05, 3.63) is 51.9 Å². The second-order valence-electron chi connectivity index (χ2n) is 3.93. The number of methoxy groups -OCH3 is 2. The fraction of sp³-hybridized carbons (Fsp3) is 0.214. The molecule has 0 saturated heterocycles. The predicted octanol–water partition coefficient (Wildman–Crippen LogP) is 3.59. The van der Waals surface area contributed by atoms with E-state index in [0.717, 1.165) is 10.0 Å². The zero-order valence-corrected chi connectivity index (χ0v) is 12.2. The Balaban J connectivity index is 2.38. The molecule has 0 amide bonds. The first-order chi connectivity index (χ1) is 9.15. The van der Waals surface area contributed by atoms with Gasteiger partial charge in [-0.1, -0.05) is 12.1 Å². The molecule has 0 bridgehead atoms. The number of hydrogen-bond acceptors (Lipinski definition) is 3. The Morgan fingerprint density at radius 1 is 1.21 bits per heavy atom. The molecule has 2 rings (SSSR count). The number of pyridine rings is 1. The summed E-state index contributed by atoms with van der Waals surface area (Å²) in [7, 11) is 2.99. The van der Waals surface area contributed by atoms with Gasteiger partial charge in [-0.15, -0.1) is 0 Å². The average molecular weight is 326 g/mol. The molecule has 19 heavy (non-hydrogen) atoms. The summed E-state index contributed by atoms with van der Waals surface area (Å²) in [6.45, 7) is 0. The van der Waals surface area contributed by atoms with Crippen molar-refractivity contribution in [1.29, 1.82) is 0 Å². The Morgan fingerprint density at radius 2 is 2.00 bits per heavy atom. The molecule has 0 aliphatic rings. The fourth-order valence-corrected chi connectivity index (χ4v) is 2.21. The molecule has 2 aromatic rings. The van der Waals surface area contributed by atoms with E-state index in [2.05, 4.69) is 20.9 Å². The van der Waals surface area contributed by atoms with E-state index in [0.29, 0.717) is 17.9 Å². The third-order valence-corrected chi connectivity index (χ3v) is 3.16.